The molecule has 5 rings (SSSR count). The van der Waals surface area contributed by atoms with Crippen LogP contribution in [0.15, 0.2) is 48.7 Å². The van der Waals surface area contributed by atoms with Crippen molar-refractivity contribution in [3.8, 4) is 0 Å². The maximum absolute atomic E-state index is 12.8. The molecule has 1 saturated carbocycles. The van der Waals surface area contributed by atoms with E-state index in [1.165, 1.54) is 60.7 Å². The van der Waals surface area contributed by atoms with Crippen LogP contribution in [0.1, 0.15) is 60.9 Å². The lowest BCUT2D eigenvalue weighted by Gasteiger charge is -2.21. The average molecular weight is 417 g/mol. The summed E-state index contributed by atoms with van der Waals surface area (Å²) in [4.78, 5) is 19.5. The Hall–Kier alpha value is -3.15. The zero-order valence-corrected chi connectivity index (χ0v) is 18.0. The SMILES string of the molecule is Cc1cn(CCCC2CCCCC2)c2cc(C(=O)On3nnc4ccccc43)ccc12. The van der Waals surface area contributed by atoms with Crippen LogP contribution in [0.5, 0.6) is 0 Å². The van der Waals surface area contributed by atoms with E-state index in [0.29, 0.717) is 16.6 Å². The van der Waals surface area contributed by atoms with Crippen LogP contribution in [-0.4, -0.2) is 25.7 Å². The summed E-state index contributed by atoms with van der Waals surface area (Å²) in [5.74, 6) is 0.449. The maximum Gasteiger partial charge on any atom is 0.365 e. The molecule has 1 fully saturated rings. The largest absolute Gasteiger partial charge is 0.365 e. The van der Waals surface area contributed by atoms with Crippen molar-refractivity contribution in [3.63, 3.8) is 0 Å². The number of hydrogen-bond acceptors (Lipinski definition) is 4. The first-order chi connectivity index (χ1) is 15.2. The van der Waals surface area contributed by atoms with Gasteiger partial charge in [0.25, 0.3) is 0 Å². The Bertz CT molecular complexity index is 1220. The van der Waals surface area contributed by atoms with E-state index in [-0.39, 0.29) is 0 Å². The fourth-order valence-electron chi connectivity index (χ4n) is 4.86. The number of aromatic nitrogens is 4. The second-order valence-corrected chi connectivity index (χ2v) is 8.71. The van der Waals surface area contributed by atoms with Gasteiger partial charge in [0.15, 0.2) is 0 Å². The molecule has 1 aliphatic rings. The molecule has 160 valence electrons. The fraction of sp³-hybridized carbons (Fsp3) is 0.400. The molecule has 0 N–H and O–H groups in total. The highest BCUT2D eigenvalue weighted by Crippen LogP contribution is 2.28. The van der Waals surface area contributed by atoms with E-state index >= 15 is 0 Å². The van der Waals surface area contributed by atoms with Crippen LogP contribution < -0.4 is 4.84 Å². The quantitative estimate of drug-likeness (QED) is 0.399. The summed E-state index contributed by atoms with van der Waals surface area (Å²) < 4.78 is 2.29. The smallest absolute Gasteiger partial charge is 0.347 e. The van der Waals surface area contributed by atoms with Gasteiger partial charge < -0.3 is 9.40 Å². The van der Waals surface area contributed by atoms with Crippen molar-refractivity contribution >= 4 is 27.9 Å². The van der Waals surface area contributed by atoms with E-state index < -0.39 is 5.97 Å². The summed E-state index contributed by atoms with van der Waals surface area (Å²) in [5, 5.41) is 9.17. The third-order valence-corrected chi connectivity index (χ3v) is 6.54. The van der Waals surface area contributed by atoms with Crippen molar-refractivity contribution < 1.29 is 9.63 Å². The van der Waals surface area contributed by atoms with Crippen LogP contribution in [-0.2, 0) is 6.54 Å². The molecular formula is C25H28N4O2. The summed E-state index contributed by atoms with van der Waals surface area (Å²) in [6, 6.07) is 13.2. The molecule has 0 atom stereocenters. The van der Waals surface area contributed by atoms with Crippen molar-refractivity contribution in [1.29, 1.82) is 0 Å². The lowest BCUT2D eigenvalue weighted by atomic mass is 9.86. The number of aryl methyl sites for hydroxylation is 2. The number of fused-ring (bicyclic) bond motifs is 2. The minimum Gasteiger partial charge on any atom is -0.347 e. The number of carbonyl (C=O) groups excluding carboxylic acids is 1. The second-order valence-electron chi connectivity index (χ2n) is 8.71. The van der Waals surface area contributed by atoms with E-state index in [9.17, 15) is 4.79 Å². The number of hydrogen-bond donors (Lipinski definition) is 0. The van der Waals surface area contributed by atoms with Gasteiger partial charge in [0.1, 0.15) is 11.0 Å². The molecule has 0 saturated heterocycles. The Balaban J connectivity index is 1.33. The van der Waals surface area contributed by atoms with Crippen LogP contribution in [0.3, 0.4) is 0 Å². The fourth-order valence-corrected chi connectivity index (χ4v) is 4.86. The number of rotatable bonds is 6. The number of benzene rings is 2. The third-order valence-electron chi connectivity index (χ3n) is 6.54. The summed E-state index contributed by atoms with van der Waals surface area (Å²) in [5.41, 5.74) is 4.18. The molecule has 0 spiro atoms. The second kappa shape index (κ2) is 8.53. The van der Waals surface area contributed by atoms with Gasteiger partial charge in [0, 0.05) is 23.6 Å². The highest BCUT2D eigenvalue weighted by atomic mass is 16.7. The molecule has 2 aromatic carbocycles. The lowest BCUT2D eigenvalue weighted by molar-refractivity contribution is 0.0409. The molecule has 0 radical (unpaired) electrons. The van der Waals surface area contributed by atoms with Gasteiger partial charge in [-0.1, -0.05) is 55.1 Å². The maximum atomic E-state index is 12.8. The van der Waals surface area contributed by atoms with Gasteiger partial charge in [0.05, 0.1) is 5.56 Å². The van der Waals surface area contributed by atoms with Gasteiger partial charge in [0.2, 0.25) is 0 Å². The van der Waals surface area contributed by atoms with Crippen LogP contribution in [0.4, 0.5) is 0 Å². The van der Waals surface area contributed by atoms with Gasteiger partial charge >= 0.3 is 5.97 Å². The molecule has 4 aromatic rings. The van der Waals surface area contributed by atoms with Crippen LogP contribution in [0.25, 0.3) is 21.9 Å². The molecule has 1 aliphatic carbocycles. The standard InChI is InChI=1S/C25H28N4O2/c1-18-17-28(15-7-10-19-8-3-2-4-9-19)24-16-20(13-14-21(18)24)25(30)31-29-23-12-6-5-11-22(23)26-27-29/h5-6,11-14,16-17,19H,2-4,7-10,15H2,1H3. The minimum atomic E-state index is -0.440. The number of nitrogens with zero attached hydrogens (tertiary/aromatic N) is 4. The van der Waals surface area contributed by atoms with Gasteiger partial charge in [-0.15, -0.1) is 5.10 Å². The van der Waals surface area contributed by atoms with E-state index in [1.54, 1.807) is 0 Å². The van der Waals surface area contributed by atoms with Crippen molar-refractivity contribution in [2.24, 2.45) is 5.92 Å². The predicted octanol–water partition coefficient (Wildman–Crippen LogP) is 5.32. The molecule has 6 heteroatoms. The topological polar surface area (TPSA) is 61.9 Å². The van der Waals surface area contributed by atoms with E-state index in [1.807, 2.05) is 42.5 Å². The van der Waals surface area contributed by atoms with E-state index in [4.69, 9.17) is 4.84 Å². The van der Waals surface area contributed by atoms with Crippen molar-refractivity contribution in [2.75, 3.05) is 0 Å². The molecule has 0 bridgehead atoms. The normalized spacial score (nSPS) is 15.0. The van der Waals surface area contributed by atoms with Gasteiger partial charge in [-0.25, -0.2) is 4.79 Å². The van der Waals surface area contributed by atoms with Crippen LogP contribution >= 0.6 is 0 Å². The van der Waals surface area contributed by atoms with Gasteiger partial charge in [-0.2, -0.15) is 0 Å². The summed E-state index contributed by atoms with van der Waals surface area (Å²) in [6.45, 7) is 3.10. The molecule has 0 aliphatic heterocycles. The Morgan fingerprint density at radius 3 is 2.81 bits per heavy atom. The monoisotopic (exact) mass is 416 g/mol. The molecule has 2 aromatic heterocycles. The summed E-state index contributed by atoms with van der Waals surface area (Å²) in [7, 11) is 0. The number of carbonyl (C=O) groups is 1. The summed E-state index contributed by atoms with van der Waals surface area (Å²) >= 11 is 0. The molecule has 2 heterocycles. The minimum absolute atomic E-state index is 0.440. The Morgan fingerprint density at radius 1 is 1.10 bits per heavy atom. The highest BCUT2D eigenvalue weighted by Gasteiger charge is 2.16. The molecule has 0 amide bonds. The van der Waals surface area contributed by atoms with Gasteiger partial charge in [-0.3, -0.25) is 0 Å². The Morgan fingerprint density at radius 2 is 1.94 bits per heavy atom. The van der Waals surface area contributed by atoms with Crippen molar-refractivity contribution in [3.05, 3.63) is 59.8 Å². The number of para-hydroxylation sites is 1. The first kappa shape index (κ1) is 19.8. The van der Waals surface area contributed by atoms with Crippen molar-refractivity contribution in [2.45, 2.75) is 58.4 Å². The van der Waals surface area contributed by atoms with Crippen LogP contribution in [0, 0.1) is 12.8 Å². The molecular weight excluding hydrogens is 388 g/mol. The predicted molar refractivity (Wildman–Crippen MR) is 121 cm³/mol. The van der Waals surface area contributed by atoms with Gasteiger partial charge in [-0.05, 0) is 60.7 Å². The first-order valence-corrected chi connectivity index (χ1v) is 11.3. The lowest BCUT2D eigenvalue weighted by Crippen LogP contribution is -2.21. The average Bonchev–Trinajstić information content (AvgIpc) is 3.35. The molecule has 31 heavy (non-hydrogen) atoms. The van der Waals surface area contributed by atoms with E-state index in [0.717, 1.165) is 18.0 Å². The molecule has 6 nitrogen and oxygen atoms in total. The molecule has 0 unspecified atom stereocenters. The Labute approximate surface area is 181 Å². The van der Waals surface area contributed by atoms with Crippen molar-refractivity contribution in [1.82, 2.24) is 19.7 Å². The third kappa shape index (κ3) is 4.07. The Kier molecular flexibility index (Phi) is 5.45. The first-order valence-electron chi connectivity index (χ1n) is 11.3. The summed E-state index contributed by atoms with van der Waals surface area (Å²) in [6.07, 6.45) is 11.6. The zero-order valence-electron chi connectivity index (χ0n) is 18.0. The highest BCUT2D eigenvalue weighted by molar-refractivity contribution is 5.96. The zero-order chi connectivity index (χ0) is 21.2. The van der Waals surface area contributed by atoms with Crippen LogP contribution in [0.2, 0.25) is 0 Å². The van der Waals surface area contributed by atoms with E-state index in [2.05, 4.69) is 28.0 Å².